The van der Waals surface area contributed by atoms with Crippen molar-refractivity contribution in [1.82, 2.24) is 10.1 Å². The second-order valence-corrected chi connectivity index (χ2v) is 6.32. The highest BCUT2D eigenvalue weighted by Gasteiger charge is 2.40. The van der Waals surface area contributed by atoms with Gasteiger partial charge in [-0.2, -0.15) is 0 Å². The van der Waals surface area contributed by atoms with Crippen LogP contribution in [0.5, 0.6) is 0 Å². The van der Waals surface area contributed by atoms with Crippen molar-refractivity contribution in [2.24, 2.45) is 5.92 Å². The lowest BCUT2D eigenvalue weighted by molar-refractivity contribution is -0.142. The molecule has 0 bridgehead atoms. The van der Waals surface area contributed by atoms with Crippen LogP contribution in [0.25, 0.3) is 11.3 Å². The van der Waals surface area contributed by atoms with Gasteiger partial charge >= 0.3 is 5.97 Å². The first kappa shape index (κ1) is 16.5. The first-order chi connectivity index (χ1) is 11.4. The third kappa shape index (κ3) is 2.67. The van der Waals surface area contributed by atoms with Crippen LogP contribution in [-0.2, 0) is 4.79 Å². The van der Waals surface area contributed by atoms with Gasteiger partial charge in [0.15, 0.2) is 0 Å². The van der Waals surface area contributed by atoms with Crippen molar-refractivity contribution in [2.45, 2.75) is 26.3 Å². The van der Waals surface area contributed by atoms with Crippen LogP contribution in [0, 0.1) is 12.8 Å². The molecule has 7 heteroatoms. The first-order valence-corrected chi connectivity index (χ1v) is 8.04. The van der Waals surface area contributed by atoms with Gasteiger partial charge in [-0.05, 0) is 26.3 Å². The molecule has 2 unspecified atom stereocenters. The Morgan fingerprint density at radius 3 is 2.71 bits per heavy atom. The van der Waals surface area contributed by atoms with Gasteiger partial charge in [0.25, 0.3) is 5.91 Å². The van der Waals surface area contributed by atoms with Crippen LogP contribution in [-0.4, -0.2) is 39.6 Å². The average molecular weight is 349 g/mol. The number of hydrogen-bond donors (Lipinski definition) is 1. The highest BCUT2D eigenvalue weighted by Crippen LogP contribution is 2.34. The minimum absolute atomic E-state index is 0.278. The highest BCUT2D eigenvalue weighted by molar-refractivity contribution is 6.33. The zero-order valence-corrected chi connectivity index (χ0v) is 14.1. The SMILES string of the molecule is Cc1onc(-c2ccccc2Cl)c1C(=O)N1CCC(C(=O)O)C1C. The molecule has 1 amide bonds. The van der Waals surface area contributed by atoms with Crippen molar-refractivity contribution in [1.29, 1.82) is 0 Å². The number of halogens is 1. The molecule has 0 radical (unpaired) electrons. The Bertz CT molecular complexity index is 802. The number of carboxylic acid groups (broad SMARTS) is 1. The maximum Gasteiger partial charge on any atom is 0.308 e. The van der Waals surface area contributed by atoms with E-state index >= 15 is 0 Å². The summed E-state index contributed by atoms with van der Waals surface area (Å²) in [5.41, 5.74) is 1.33. The van der Waals surface area contributed by atoms with E-state index in [1.807, 2.05) is 0 Å². The number of aromatic nitrogens is 1. The molecule has 3 rings (SSSR count). The van der Waals surface area contributed by atoms with E-state index in [1.54, 1.807) is 43.0 Å². The predicted molar refractivity (Wildman–Crippen MR) is 87.9 cm³/mol. The largest absolute Gasteiger partial charge is 0.481 e. The summed E-state index contributed by atoms with van der Waals surface area (Å²) in [4.78, 5) is 25.9. The molecule has 24 heavy (non-hydrogen) atoms. The number of benzene rings is 1. The zero-order chi connectivity index (χ0) is 17.4. The van der Waals surface area contributed by atoms with Crippen LogP contribution in [0.3, 0.4) is 0 Å². The van der Waals surface area contributed by atoms with E-state index in [4.69, 9.17) is 16.1 Å². The van der Waals surface area contributed by atoms with Crippen molar-refractivity contribution < 1.29 is 19.2 Å². The van der Waals surface area contributed by atoms with Gasteiger partial charge in [-0.1, -0.05) is 35.0 Å². The number of carbonyl (C=O) groups excluding carboxylic acids is 1. The third-order valence-corrected chi connectivity index (χ3v) is 4.87. The van der Waals surface area contributed by atoms with Crippen molar-refractivity contribution in [2.75, 3.05) is 6.54 Å². The minimum Gasteiger partial charge on any atom is -0.481 e. The molecule has 2 aromatic rings. The van der Waals surface area contributed by atoms with Crippen LogP contribution in [0.1, 0.15) is 29.5 Å². The summed E-state index contributed by atoms with van der Waals surface area (Å²) in [6.07, 6.45) is 0.438. The summed E-state index contributed by atoms with van der Waals surface area (Å²) in [5, 5.41) is 13.7. The topological polar surface area (TPSA) is 83.6 Å². The number of likely N-dealkylation sites (tertiary alicyclic amines) is 1. The van der Waals surface area contributed by atoms with E-state index in [0.29, 0.717) is 40.6 Å². The maximum absolute atomic E-state index is 13.0. The number of aliphatic carboxylic acids is 1. The van der Waals surface area contributed by atoms with Crippen molar-refractivity contribution >= 4 is 23.5 Å². The number of carbonyl (C=O) groups is 2. The smallest absolute Gasteiger partial charge is 0.308 e. The number of aryl methyl sites for hydroxylation is 1. The zero-order valence-electron chi connectivity index (χ0n) is 13.3. The standard InChI is InChI=1S/C17H17ClN2O4/c1-9-11(17(22)23)7-8-20(9)16(21)14-10(2)24-19-15(14)12-5-3-4-6-13(12)18/h3-6,9,11H,7-8H2,1-2H3,(H,22,23). The lowest BCUT2D eigenvalue weighted by Gasteiger charge is -2.23. The van der Waals surface area contributed by atoms with Crippen molar-refractivity contribution in [3.05, 3.63) is 40.6 Å². The Morgan fingerprint density at radius 1 is 1.38 bits per heavy atom. The maximum atomic E-state index is 13.0. The molecular formula is C17H17ClN2O4. The Kier molecular flexibility index (Phi) is 4.32. The van der Waals surface area contributed by atoms with Gasteiger partial charge in [0, 0.05) is 18.2 Å². The molecule has 1 aliphatic heterocycles. The third-order valence-electron chi connectivity index (χ3n) is 4.54. The lowest BCUT2D eigenvalue weighted by Crippen LogP contribution is -2.38. The van der Waals surface area contributed by atoms with Gasteiger partial charge in [0.2, 0.25) is 0 Å². The molecule has 2 heterocycles. The van der Waals surface area contributed by atoms with Gasteiger partial charge in [0.1, 0.15) is 17.0 Å². The molecule has 0 aliphatic carbocycles. The molecule has 1 aliphatic rings. The fourth-order valence-corrected chi connectivity index (χ4v) is 3.39. The van der Waals surface area contributed by atoms with Crippen LogP contribution >= 0.6 is 11.6 Å². The van der Waals surface area contributed by atoms with Crippen LogP contribution in [0.2, 0.25) is 5.02 Å². The van der Waals surface area contributed by atoms with Gasteiger partial charge < -0.3 is 14.5 Å². The molecule has 1 N–H and O–H groups in total. The summed E-state index contributed by atoms with van der Waals surface area (Å²) in [7, 11) is 0. The number of nitrogens with zero attached hydrogens (tertiary/aromatic N) is 2. The second kappa shape index (κ2) is 6.28. The minimum atomic E-state index is -0.883. The Labute approximate surface area is 144 Å². The van der Waals surface area contributed by atoms with Gasteiger partial charge in [0.05, 0.1) is 10.9 Å². The average Bonchev–Trinajstić information content (AvgIpc) is 3.10. The molecule has 6 nitrogen and oxygen atoms in total. The van der Waals surface area contributed by atoms with E-state index < -0.39 is 11.9 Å². The summed E-state index contributed by atoms with van der Waals surface area (Å²) < 4.78 is 5.22. The van der Waals surface area contributed by atoms with Gasteiger partial charge in [-0.3, -0.25) is 9.59 Å². The summed E-state index contributed by atoms with van der Waals surface area (Å²) in [5.74, 6) is -1.33. The molecule has 2 atom stereocenters. The molecule has 1 aromatic carbocycles. The molecular weight excluding hydrogens is 332 g/mol. The molecule has 1 fully saturated rings. The van der Waals surface area contributed by atoms with E-state index in [2.05, 4.69) is 5.16 Å². The normalized spacial score (nSPS) is 20.4. The van der Waals surface area contributed by atoms with E-state index in [1.165, 1.54) is 0 Å². The first-order valence-electron chi connectivity index (χ1n) is 7.66. The molecule has 0 saturated carbocycles. The summed E-state index contributed by atoms with van der Waals surface area (Å²) >= 11 is 6.21. The van der Waals surface area contributed by atoms with Crippen molar-refractivity contribution in [3.63, 3.8) is 0 Å². The molecule has 126 valence electrons. The van der Waals surface area contributed by atoms with E-state index in [9.17, 15) is 14.7 Å². The molecule has 0 spiro atoms. The number of rotatable bonds is 3. The van der Waals surface area contributed by atoms with Crippen LogP contribution in [0.15, 0.2) is 28.8 Å². The summed E-state index contributed by atoms with van der Waals surface area (Å²) in [6, 6.07) is 6.69. The van der Waals surface area contributed by atoms with Crippen LogP contribution in [0.4, 0.5) is 0 Å². The monoisotopic (exact) mass is 348 g/mol. The van der Waals surface area contributed by atoms with Gasteiger partial charge in [-0.15, -0.1) is 0 Å². The van der Waals surface area contributed by atoms with Gasteiger partial charge in [-0.25, -0.2) is 0 Å². The Morgan fingerprint density at radius 2 is 2.08 bits per heavy atom. The molecule has 1 aromatic heterocycles. The number of amides is 1. The Hall–Kier alpha value is -2.34. The van der Waals surface area contributed by atoms with E-state index in [0.717, 1.165) is 0 Å². The number of hydrogen-bond acceptors (Lipinski definition) is 4. The summed E-state index contributed by atoms with van der Waals surface area (Å²) in [6.45, 7) is 3.81. The Balaban J connectivity index is 1.99. The predicted octanol–water partition coefficient (Wildman–Crippen LogP) is 3.24. The number of carboxylic acids is 1. The van der Waals surface area contributed by atoms with Crippen molar-refractivity contribution in [3.8, 4) is 11.3 Å². The van der Waals surface area contributed by atoms with Crippen LogP contribution < -0.4 is 0 Å². The quantitative estimate of drug-likeness (QED) is 0.920. The lowest BCUT2D eigenvalue weighted by atomic mass is 10.0. The fraction of sp³-hybridized carbons (Fsp3) is 0.353. The second-order valence-electron chi connectivity index (χ2n) is 5.91. The highest BCUT2D eigenvalue weighted by atomic mass is 35.5. The van der Waals surface area contributed by atoms with E-state index in [-0.39, 0.29) is 11.9 Å². The fourth-order valence-electron chi connectivity index (χ4n) is 3.16. The molecule has 1 saturated heterocycles.